The number of ether oxygens (including phenoxy) is 2. The van der Waals surface area contributed by atoms with Crippen molar-refractivity contribution in [2.45, 2.75) is 141 Å². The van der Waals surface area contributed by atoms with E-state index in [1.165, 1.54) is 0 Å². The molecule has 9 heteroatoms. The number of nitrogens with two attached hydrogens (primary N) is 2. The molecular weight excluding hydrogens is 560 g/mol. The summed E-state index contributed by atoms with van der Waals surface area (Å²) in [4.78, 5) is 13.9. The van der Waals surface area contributed by atoms with E-state index in [0.29, 0.717) is 31.8 Å². The normalized spacial score (nSPS) is 51.7. The fraction of sp³-hybridized carbons (Fsp3) is 0.914. The Balaban J connectivity index is 1.20. The third kappa shape index (κ3) is 4.90. The number of aliphatic hydroxyl groups excluding tert-OH is 2. The fourth-order valence-corrected chi connectivity index (χ4v) is 11.1. The molecule has 4 aliphatic carbocycles. The monoisotopic (exact) mass is 619 g/mol. The standard InChI is InChI=1S/C35H58N2O7/c1-18(2)19(3)29(40)31-34(6,41)30-27(44-31)17-35(42)22-14-24(38)23-15-26(43-12-9-20-8-11-37-28(36)13-20)25(39)16-32(23,4)21(22)7-10-33(30,35)5/h14,18-21,23,25-31,37,39-42H,7-13,15-17,36H2,1-6H3/p+1/t19-,20?,21+,23+,25-,26+,27-,28?,29-,30+,31+,32+,33+,34+,35-/m0/s1. The highest BCUT2D eigenvalue weighted by Gasteiger charge is 2.75. The molecule has 0 bridgehead atoms. The van der Waals surface area contributed by atoms with Crippen molar-refractivity contribution in [3.05, 3.63) is 11.6 Å². The van der Waals surface area contributed by atoms with Crippen LogP contribution in [0.1, 0.15) is 92.9 Å². The van der Waals surface area contributed by atoms with Crippen LogP contribution in [0, 0.1) is 46.3 Å². The second-order valence-electron chi connectivity index (χ2n) is 16.8. The minimum atomic E-state index is -1.34. The van der Waals surface area contributed by atoms with Gasteiger partial charge in [0.25, 0.3) is 0 Å². The summed E-state index contributed by atoms with van der Waals surface area (Å²) in [5, 5.41) is 49.5. The number of aliphatic hydroxyl groups is 4. The zero-order chi connectivity index (χ0) is 32.0. The predicted molar refractivity (Wildman–Crippen MR) is 165 cm³/mol. The third-order valence-corrected chi connectivity index (χ3v) is 14.0. The molecule has 6 rings (SSSR count). The molecule has 2 heterocycles. The van der Waals surface area contributed by atoms with Gasteiger partial charge in [0, 0.05) is 36.7 Å². The molecule has 8 N–H and O–H groups in total. The zero-order valence-corrected chi connectivity index (χ0v) is 27.7. The van der Waals surface area contributed by atoms with Crippen molar-refractivity contribution >= 4 is 5.78 Å². The predicted octanol–water partition coefficient (Wildman–Crippen LogP) is 1.64. The number of carbonyl (C=O) groups excluding carboxylic acids is 1. The maximum Gasteiger partial charge on any atom is 0.159 e. The van der Waals surface area contributed by atoms with Crippen molar-refractivity contribution in [3.63, 3.8) is 0 Å². The van der Waals surface area contributed by atoms with Crippen LogP contribution in [0.3, 0.4) is 0 Å². The molecule has 44 heavy (non-hydrogen) atoms. The third-order valence-electron chi connectivity index (χ3n) is 14.0. The van der Waals surface area contributed by atoms with Crippen LogP contribution in [0.4, 0.5) is 0 Å². The van der Waals surface area contributed by atoms with Crippen molar-refractivity contribution in [3.8, 4) is 0 Å². The number of hydrogen-bond acceptors (Lipinski definition) is 8. The molecule has 0 radical (unpaired) electrons. The minimum absolute atomic E-state index is 0.00881. The molecule has 6 aliphatic rings. The van der Waals surface area contributed by atoms with E-state index in [4.69, 9.17) is 15.2 Å². The van der Waals surface area contributed by atoms with Crippen molar-refractivity contribution in [1.82, 2.24) is 0 Å². The van der Waals surface area contributed by atoms with E-state index in [1.807, 2.05) is 13.8 Å². The quantitative estimate of drug-likeness (QED) is 0.251. The van der Waals surface area contributed by atoms with Crippen LogP contribution in [0.2, 0.25) is 0 Å². The number of carbonyl (C=O) groups is 1. The lowest BCUT2D eigenvalue weighted by atomic mass is 9.45. The Bertz CT molecular complexity index is 1140. The fourth-order valence-electron chi connectivity index (χ4n) is 11.1. The van der Waals surface area contributed by atoms with Gasteiger partial charge in [-0.05, 0) is 86.2 Å². The lowest BCUT2D eigenvalue weighted by Crippen LogP contribution is -2.94. The van der Waals surface area contributed by atoms with Gasteiger partial charge in [0.05, 0.1) is 42.2 Å². The van der Waals surface area contributed by atoms with Gasteiger partial charge < -0.3 is 35.2 Å². The van der Waals surface area contributed by atoms with Gasteiger partial charge in [-0.3, -0.25) is 10.5 Å². The van der Waals surface area contributed by atoms with Gasteiger partial charge in [-0.1, -0.05) is 34.6 Å². The van der Waals surface area contributed by atoms with Gasteiger partial charge >= 0.3 is 0 Å². The number of quaternary nitrogens is 1. The first-order valence-corrected chi connectivity index (χ1v) is 17.5. The molecule has 5 fully saturated rings. The highest BCUT2D eigenvalue weighted by Crippen LogP contribution is 2.70. The molecule has 0 aromatic heterocycles. The molecule has 0 amide bonds. The molecule has 2 aliphatic heterocycles. The first-order valence-electron chi connectivity index (χ1n) is 17.5. The number of ketones is 1. The molecular formula is C35H59N2O7+. The van der Waals surface area contributed by atoms with Crippen LogP contribution in [-0.4, -0.2) is 87.2 Å². The van der Waals surface area contributed by atoms with E-state index in [-0.39, 0.29) is 54.1 Å². The van der Waals surface area contributed by atoms with Crippen LogP contribution >= 0.6 is 0 Å². The van der Waals surface area contributed by atoms with Gasteiger partial charge in [-0.25, -0.2) is 0 Å². The summed E-state index contributed by atoms with van der Waals surface area (Å²) >= 11 is 0. The van der Waals surface area contributed by atoms with Crippen molar-refractivity contribution in [1.29, 1.82) is 0 Å². The zero-order valence-electron chi connectivity index (χ0n) is 27.7. The summed E-state index contributed by atoms with van der Waals surface area (Å²) in [6.45, 7) is 13.6. The van der Waals surface area contributed by atoms with Crippen molar-refractivity contribution in [2.75, 3.05) is 13.2 Å². The molecule has 9 nitrogen and oxygen atoms in total. The van der Waals surface area contributed by atoms with E-state index in [2.05, 4.69) is 26.1 Å². The van der Waals surface area contributed by atoms with Gasteiger partial charge in [-0.2, -0.15) is 0 Å². The van der Waals surface area contributed by atoms with Crippen molar-refractivity contribution in [2.24, 2.45) is 52.1 Å². The first kappa shape index (κ1) is 33.0. The summed E-state index contributed by atoms with van der Waals surface area (Å²) in [5.74, 6) is 0.0104. The maximum absolute atomic E-state index is 13.9. The van der Waals surface area contributed by atoms with E-state index in [0.717, 1.165) is 37.8 Å². The SMILES string of the molecule is CC(C)[C@H](C)[C@H](O)[C@H]1O[C@H]2C[C@]3(O)C4=CC(=O)[C@H]5C[C@@H](OCCC6CC[NH2+]C(N)C6)[C@@H](O)C[C@]5(C)[C@@H]4CC[C@]3(C)[C@@H]2[C@@]1(C)O. The molecule has 3 saturated carbocycles. The second kappa shape index (κ2) is 11.4. The van der Waals surface area contributed by atoms with E-state index >= 15 is 0 Å². The Hall–Kier alpha value is -0.910. The minimum Gasteiger partial charge on any atom is -0.390 e. The molecule has 250 valence electrons. The topological polar surface area (TPSA) is 159 Å². The highest BCUT2D eigenvalue weighted by molar-refractivity contribution is 5.95. The Kier molecular flexibility index (Phi) is 8.52. The maximum atomic E-state index is 13.9. The Morgan fingerprint density at radius 1 is 1.11 bits per heavy atom. The molecule has 0 aromatic rings. The smallest absolute Gasteiger partial charge is 0.159 e. The molecule has 2 saturated heterocycles. The van der Waals surface area contributed by atoms with Crippen LogP contribution in [-0.2, 0) is 14.3 Å². The summed E-state index contributed by atoms with van der Waals surface area (Å²) in [6.07, 6.45) is 4.51. The lowest BCUT2D eigenvalue weighted by molar-refractivity contribution is -0.699. The van der Waals surface area contributed by atoms with Crippen LogP contribution in [0.15, 0.2) is 11.6 Å². The average Bonchev–Trinajstić information content (AvgIpc) is 3.35. The Morgan fingerprint density at radius 2 is 1.84 bits per heavy atom. The first-order chi connectivity index (χ1) is 20.5. The van der Waals surface area contributed by atoms with Crippen LogP contribution in [0.5, 0.6) is 0 Å². The van der Waals surface area contributed by atoms with E-state index in [9.17, 15) is 25.2 Å². The van der Waals surface area contributed by atoms with Gasteiger partial charge in [0.2, 0.25) is 0 Å². The number of hydrogen-bond donors (Lipinski definition) is 6. The van der Waals surface area contributed by atoms with Crippen LogP contribution in [0.25, 0.3) is 0 Å². The summed E-state index contributed by atoms with van der Waals surface area (Å²) < 4.78 is 12.7. The number of allylic oxidation sites excluding steroid dienone is 1. The van der Waals surface area contributed by atoms with Gasteiger partial charge in [0.1, 0.15) is 12.3 Å². The Labute approximate surface area is 263 Å². The van der Waals surface area contributed by atoms with E-state index < -0.39 is 46.4 Å². The number of rotatable bonds is 7. The summed E-state index contributed by atoms with van der Waals surface area (Å²) in [5.41, 5.74) is 3.02. The molecule has 0 spiro atoms. The highest BCUT2D eigenvalue weighted by atomic mass is 16.5. The van der Waals surface area contributed by atoms with Gasteiger partial charge in [-0.15, -0.1) is 0 Å². The number of fused-ring (bicyclic) bond motifs is 7. The van der Waals surface area contributed by atoms with Crippen molar-refractivity contribution < 1.29 is 40.0 Å². The molecule has 15 atom stereocenters. The number of piperidine rings is 1. The Morgan fingerprint density at radius 3 is 2.52 bits per heavy atom. The molecule has 0 aromatic carbocycles. The largest absolute Gasteiger partial charge is 0.390 e. The second-order valence-corrected chi connectivity index (χ2v) is 16.8. The van der Waals surface area contributed by atoms with Gasteiger partial charge in [0.15, 0.2) is 5.78 Å². The van der Waals surface area contributed by atoms with Crippen LogP contribution < -0.4 is 11.1 Å². The summed E-state index contributed by atoms with van der Waals surface area (Å²) in [7, 11) is 0. The molecule has 2 unspecified atom stereocenters. The lowest BCUT2D eigenvalue weighted by Gasteiger charge is -2.60. The summed E-state index contributed by atoms with van der Waals surface area (Å²) in [6, 6.07) is 0. The average molecular weight is 620 g/mol. The van der Waals surface area contributed by atoms with E-state index in [1.54, 1.807) is 13.0 Å².